The quantitative estimate of drug-likeness (QED) is 0.713. The molecule has 2 aromatic rings. The van der Waals surface area contributed by atoms with Crippen molar-refractivity contribution in [2.24, 2.45) is 0 Å². The number of benzene rings is 1. The number of carbonyl (C=O) groups excluding carboxylic acids is 2. The predicted octanol–water partition coefficient (Wildman–Crippen LogP) is 3.27. The maximum atomic E-state index is 12.6. The topological polar surface area (TPSA) is 74.3 Å². The molecule has 3 rings (SSSR count). The van der Waals surface area contributed by atoms with E-state index in [4.69, 9.17) is 0 Å². The molecule has 1 saturated heterocycles. The smallest absolute Gasteiger partial charge is 0.352 e. The number of nitrogens with one attached hydrogen (secondary N) is 2. The number of aromatic nitrogens is 1. The van der Waals surface area contributed by atoms with Crippen LogP contribution in [0.2, 0.25) is 0 Å². The summed E-state index contributed by atoms with van der Waals surface area (Å²) in [7, 11) is 0. The first-order valence-electron chi connectivity index (χ1n) is 9.17. The molecule has 1 aliphatic rings. The van der Waals surface area contributed by atoms with Gasteiger partial charge in [-0.25, -0.2) is 4.98 Å². The van der Waals surface area contributed by atoms with Crippen LogP contribution in [0.1, 0.15) is 30.4 Å². The van der Waals surface area contributed by atoms with Crippen LogP contribution in [0.4, 0.5) is 18.3 Å². The Morgan fingerprint density at radius 2 is 1.90 bits per heavy atom. The predicted molar refractivity (Wildman–Crippen MR) is 103 cm³/mol. The first-order chi connectivity index (χ1) is 13.8. The van der Waals surface area contributed by atoms with Crippen LogP contribution < -0.4 is 10.6 Å². The minimum atomic E-state index is -4.33. The van der Waals surface area contributed by atoms with Gasteiger partial charge in [-0.2, -0.15) is 13.2 Å². The summed E-state index contributed by atoms with van der Waals surface area (Å²) in [6, 6.07) is 5.10. The van der Waals surface area contributed by atoms with Gasteiger partial charge < -0.3 is 10.6 Å². The van der Waals surface area contributed by atoms with Gasteiger partial charge in [0.25, 0.3) is 0 Å². The summed E-state index contributed by atoms with van der Waals surface area (Å²) >= 11 is 1.31. The van der Waals surface area contributed by atoms with E-state index in [9.17, 15) is 22.8 Å². The van der Waals surface area contributed by atoms with E-state index in [1.54, 1.807) is 11.6 Å². The van der Waals surface area contributed by atoms with Crippen LogP contribution in [-0.4, -0.2) is 40.8 Å². The molecule has 0 radical (unpaired) electrons. The second-order valence-corrected chi connectivity index (χ2v) is 7.76. The second-order valence-electron chi connectivity index (χ2n) is 6.87. The maximum absolute atomic E-state index is 12.6. The molecular formula is C19H21F3N4O2S. The molecule has 1 aliphatic heterocycles. The molecule has 10 heteroatoms. The largest absolute Gasteiger partial charge is 0.416 e. The summed E-state index contributed by atoms with van der Waals surface area (Å²) in [6.07, 6.45) is -1.82. The van der Waals surface area contributed by atoms with Gasteiger partial charge in [0.1, 0.15) is 0 Å². The summed E-state index contributed by atoms with van der Waals surface area (Å²) < 4.78 is 37.9. The van der Waals surface area contributed by atoms with Crippen LogP contribution in [0.3, 0.4) is 0 Å². The molecule has 0 aliphatic carbocycles. The minimum Gasteiger partial charge on any atom is -0.352 e. The van der Waals surface area contributed by atoms with Crippen molar-refractivity contribution in [1.82, 2.24) is 15.2 Å². The van der Waals surface area contributed by atoms with Gasteiger partial charge >= 0.3 is 6.18 Å². The van der Waals surface area contributed by atoms with E-state index < -0.39 is 11.7 Å². The molecule has 0 saturated carbocycles. The van der Waals surface area contributed by atoms with Gasteiger partial charge in [-0.05, 0) is 24.1 Å². The number of halogens is 3. The molecule has 29 heavy (non-hydrogen) atoms. The lowest BCUT2D eigenvalue weighted by Gasteiger charge is -2.17. The van der Waals surface area contributed by atoms with Gasteiger partial charge in [0.05, 0.1) is 5.56 Å². The highest BCUT2D eigenvalue weighted by molar-refractivity contribution is 7.13. The highest BCUT2D eigenvalue weighted by Gasteiger charge is 2.30. The van der Waals surface area contributed by atoms with Crippen LogP contribution >= 0.6 is 11.3 Å². The number of nitrogens with zero attached hydrogens (tertiary/aromatic N) is 2. The third kappa shape index (κ3) is 6.53. The zero-order chi connectivity index (χ0) is 20.9. The molecule has 1 fully saturated rings. The molecule has 156 valence electrons. The number of thiazole rings is 1. The van der Waals surface area contributed by atoms with E-state index in [1.807, 2.05) is 0 Å². The van der Waals surface area contributed by atoms with Gasteiger partial charge in [0, 0.05) is 50.1 Å². The molecule has 1 unspecified atom stereocenters. The second kappa shape index (κ2) is 9.36. The summed E-state index contributed by atoms with van der Waals surface area (Å²) in [5, 5.41) is 7.80. The molecule has 2 heterocycles. The zero-order valence-corrected chi connectivity index (χ0v) is 16.4. The monoisotopic (exact) mass is 426 g/mol. The Hall–Kier alpha value is -2.46. The lowest BCUT2D eigenvalue weighted by molar-refractivity contribution is -0.137. The standard InChI is InChI=1S/C19H21F3N4O2S/c20-19(21,22)14-3-1-13(2-4-14)11-26-9-7-15(12-26)24-16(27)5-6-17(28)25-18-23-8-10-29-18/h1-4,8,10,15H,5-7,9,11-12H2,(H,24,27)(H,23,25,28). The average molecular weight is 426 g/mol. The Kier molecular flexibility index (Phi) is 6.86. The van der Waals surface area contributed by atoms with E-state index >= 15 is 0 Å². The third-order valence-electron chi connectivity index (χ3n) is 4.58. The highest BCUT2D eigenvalue weighted by Crippen LogP contribution is 2.29. The lowest BCUT2D eigenvalue weighted by Crippen LogP contribution is -2.37. The van der Waals surface area contributed by atoms with Crippen molar-refractivity contribution in [3.8, 4) is 0 Å². The van der Waals surface area contributed by atoms with E-state index in [1.165, 1.54) is 23.5 Å². The normalized spacial score (nSPS) is 17.3. The fourth-order valence-electron chi connectivity index (χ4n) is 3.15. The van der Waals surface area contributed by atoms with Crippen molar-refractivity contribution >= 4 is 28.3 Å². The number of carbonyl (C=O) groups is 2. The average Bonchev–Trinajstić information content (AvgIpc) is 3.32. The van der Waals surface area contributed by atoms with E-state index in [-0.39, 0.29) is 30.7 Å². The Labute approximate surface area is 170 Å². The minimum absolute atomic E-state index is 0.0287. The number of hydrogen-bond donors (Lipinski definition) is 2. The Bertz CT molecular complexity index is 825. The third-order valence-corrected chi connectivity index (χ3v) is 5.27. The number of anilines is 1. The van der Waals surface area contributed by atoms with Crippen molar-refractivity contribution < 1.29 is 22.8 Å². The number of amides is 2. The van der Waals surface area contributed by atoms with Gasteiger partial charge in [-0.1, -0.05) is 12.1 Å². The van der Waals surface area contributed by atoms with Crippen LogP contribution in [-0.2, 0) is 22.3 Å². The van der Waals surface area contributed by atoms with E-state index in [0.717, 1.165) is 30.7 Å². The van der Waals surface area contributed by atoms with Gasteiger partial charge in [0.2, 0.25) is 11.8 Å². The van der Waals surface area contributed by atoms with Crippen molar-refractivity contribution in [1.29, 1.82) is 0 Å². The summed E-state index contributed by atoms with van der Waals surface area (Å²) in [6.45, 7) is 1.90. The van der Waals surface area contributed by atoms with Crippen LogP contribution in [0.15, 0.2) is 35.8 Å². The first-order valence-corrected chi connectivity index (χ1v) is 10.0. The Balaban J connectivity index is 1.38. The molecule has 0 bridgehead atoms. The fourth-order valence-corrected chi connectivity index (χ4v) is 3.69. The maximum Gasteiger partial charge on any atom is 0.416 e. The lowest BCUT2D eigenvalue weighted by atomic mass is 10.1. The molecular weight excluding hydrogens is 405 g/mol. The van der Waals surface area contributed by atoms with Crippen LogP contribution in [0, 0.1) is 0 Å². The van der Waals surface area contributed by atoms with Gasteiger partial charge in [0.15, 0.2) is 5.13 Å². The van der Waals surface area contributed by atoms with Crippen molar-refractivity contribution in [3.05, 3.63) is 47.0 Å². The summed E-state index contributed by atoms with van der Waals surface area (Å²) in [4.78, 5) is 29.9. The number of rotatable bonds is 7. The SMILES string of the molecule is O=C(CCC(=O)NC1CCN(Cc2ccc(C(F)(F)F)cc2)C1)Nc1nccs1. The highest BCUT2D eigenvalue weighted by atomic mass is 32.1. The molecule has 6 nitrogen and oxygen atoms in total. The zero-order valence-electron chi connectivity index (χ0n) is 15.5. The molecule has 1 aromatic heterocycles. The number of likely N-dealkylation sites (tertiary alicyclic amines) is 1. The molecule has 1 aromatic carbocycles. The summed E-state index contributed by atoms with van der Waals surface area (Å²) in [5.74, 6) is -0.453. The number of hydrogen-bond acceptors (Lipinski definition) is 5. The Morgan fingerprint density at radius 1 is 1.17 bits per heavy atom. The first kappa shape index (κ1) is 21.3. The number of alkyl halides is 3. The molecule has 2 amide bonds. The molecule has 1 atom stereocenters. The van der Waals surface area contributed by atoms with Gasteiger partial charge in [-0.3, -0.25) is 14.5 Å². The molecule has 0 spiro atoms. The van der Waals surface area contributed by atoms with E-state index in [2.05, 4.69) is 20.5 Å². The van der Waals surface area contributed by atoms with Crippen LogP contribution in [0.5, 0.6) is 0 Å². The van der Waals surface area contributed by atoms with E-state index in [0.29, 0.717) is 18.2 Å². The van der Waals surface area contributed by atoms with Crippen molar-refractivity contribution in [2.75, 3.05) is 18.4 Å². The van der Waals surface area contributed by atoms with Crippen molar-refractivity contribution in [2.45, 2.75) is 38.0 Å². The van der Waals surface area contributed by atoms with Gasteiger partial charge in [-0.15, -0.1) is 11.3 Å². The van der Waals surface area contributed by atoms with Crippen LogP contribution in [0.25, 0.3) is 0 Å². The fraction of sp³-hybridized carbons (Fsp3) is 0.421. The molecule has 2 N–H and O–H groups in total. The van der Waals surface area contributed by atoms with Crippen molar-refractivity contribution in [3.63, 3.8) is 0 Å². The summed E-state index contributed by atoms with van der Waals surface area (Å²) in [5.41, 5.74) is 0.135. The Morgan fingerprint density at radius 3 is 2.55 bits per heavy atom.